The Morgan fingerprint density at radius 1 is 0.412 bits per heavy atom. The lowest BCUT2D eigenvalue weighted by atomic mass is 9.94. The normalized spacial score (nSPS) is 12.6. The van der Waals surface area contributed by atoms with Gasteiger partial charge in [0.25, 0.3) is 0 Å². The minimum absolute atomic E-state index is 0.0894. The van der Waals surface area contributed by atoms with Gasteiger partial charge in [-0.05, 0) is 25.7 Å². The van der Waals surface area contributed by atoms with E-state index in [-0.39, 0.29) is 11.8 Å². The van der Waals surface area contributed by atoms with Crippen LogP contribution in [0.1, 0.15) is 169 Å². The van der Waals surface area contributed by atoms with Crippen LogP contribution in [0.5, 0.6) is 0 Å². The molecule has 4 heteroatoms. The lowest BCUT2D eigenvalue weighted by Crippen LogP contribution is -2.13. The molecule has 0 bridgehead atoms. The van der Waals surface area contributed by atoms with Crippen molar-refractivity contribution in [3.63, 3.8) is 0 Å². The first kappa shape index (κ1) is 35.1. The van der Waals surface area contributed by atoms with Gasteiger partial charge in [0, 0.05) is 0 Å². The second kappa shape index (κ2) is 28.2. The summed E-state index contributed by atoms with van der Waals surface area (Å²) in [5.41, 5.74) is 0. The number of rotatable bonds is 24. The molecule has 0 heterocycles. The van der Waals surface area contributed by atoms with Crippen LogP contribution in [0.25, 0.3) is 0 Å². The molecule has 0 aromatic carbocycles. The Labute approximate surface area is 212 Å². The maximum atomic E-state index is 11.1. The van der Waals surface area contributed by atoms with Gasteiger partial charge in [-0.25, -0.2) is 0 Å². The molecular weight excluding hydrogens is 424 g/mol. The predicted octanol–water partition coefficient (Wildman–Crippen LogP) is 10.0. The number of unbranched alkanes of at least 4 members (excludes halogenated alkanes) is 14. The third-order valence-electron chi connectivity index (χ3n) is 6.82. The summed E-state index contributed by atoms with van der Waals surface area (Å²) >= 11 is 0. The molecule has 0 radical (unpaired) electrons. The van der Waals surface area contributed by atoms with Crippen LogP contribution < -0.4 is 0 Å². The highest BCUT2D eigenvalue weighted by atomic mass is 16.4. The molecule has 0 saturated carbocycles. The van der Waals surface area contributed by atoms with Crippen molar-refractivity contribution in [2.24, 2.45) is 11.8 Å². The van der Waals surface area contributed by atoms with Crippen LogP contribution >= 0.6 is 0 Å². The zero-order chi connectivity index (χ0) is 25.9. The van der Waals surface area contributed by atoms with Gasteiger partial charge in [0.15, 0.2) is 0 Å². The molecule has 0 aliphatic rings. The van der Waals surface area contributed by atoms with Crippen molar-refractivity contribution in [3.05, 3.63) is 0 Å². The van der Waals surface area contributed by atoms with Crippen LogP contribution in [0.3, 0.4) is 0 Å². The number of carboxylic acid groups (broad SMARTS) is 2. The number of hydrogen-bond donors (Lipinski definition) is 2. The van der Waals surface area contributed by atoms with Crippen molar-refractivity contribution >= 4 is 11.9 Å². The zero-order valence-electron chi connectivity index (χ0n) is 23.4. The van der Waals surface area contributed by atoms with Gasteiger partial charge < -0.3 is 10.2 Å². The molecule has 0 fully saturated rings. The molecule has 0 spiro atoms. The van der Waals surface area contributed by atoms with E-state index in [9.17, 15) is 9.59 Å². The van der Waals surface area contributed by atoms with Crippen LogP contribution in [0.15, 0.2) is 0 Å². The first-order chi connectivity index (χ1) is 16.4. The lowest BCUT2D eigenvalue weighted by molar-refractivity contribution is -0.143. The third-order valence-corrected chi connectivity index (χ3v) is 6.82. The van der Waals surface area contributed by atoms with E-state index in [1.807, 2.05) is 0 Å². The standard InChI is InChI=1S/2C15H30O2/c1-3-5-7-8-9-11-13-14(15(16)17)12-10-6-4-2;1-3-5-7-9-11-13-14(15(16)17)12-10-8-6-4-2/h2*14H,3-13H2,1-2H3,(H,16,17). The Morgan fingerprint density at radius 3 is 0.912 bits per heavy atom. The molecule has 0 aliphatic heterocycles. The molecule has 2 unspecified atom stereocenters. The minimum Gasteiger partial charge on any atom is -0.481 e. The summed E-state index contributed by atoms with van der Waals surface area (Å²) in [5.74, 6) is -1.35. The SMILES string of the molecule is CCCCCCCC(CCCCCC)C(=O)O.CCCCCCCCC(CCCCC)C(=O)O. The van der Waals surface area contributed by atoms with Crippen molar-refractivity contribution < 1.29 is 19.8 Å². The maximum absolute atomic E-state index is 11.1. The molecule has 0 saturated heterocycles. The van der Waals surface area contributed by atoms with E-state index in [1.54, 1.807) is 0 Å². The van der Waals surface area contributed by atoms with Crippen LogP contribution in [-0.2, 0) is 9.59 Å². The maximum Gasteiger partial charge on any atom is 0.306 e. The molecule has 0 amide bonds. The number of aliphatic carboxylic acids is 2. The van der Waals surface area contributed by atoms with Crippen LogP contribution in [0.2, 0.25) is 0 Å². The third kappa shape index (κ3) is 25.6. The van der Waals surface area contributed by atoms with E-state index < -0.39 is 11.9 Å². The van der Waals surface area contributed by atoms with Gasteiger partial charge in [0.1, 0.15) is 0 Å². The first-order valence-corrected chi connectivity index (χ1v) is 14.9. The Bertz CT molecular complexity index is 436. The van der Waals surface area contributed by atoms with E-state index in [0.717, 1.165) is 51.4 Å². The van der Waals surface area contributed by atoms with Crippen molar-refractivity contribution in [3.8, 4) is 0 Å². The summed E-state index contributed by atoms with van der Waals surface area (Å²) < 4.78 is 0. The molecule has 0 aliphatic carbocycles. The van der Waals surface area contributed by atoms with Crippen molar-refractivity contribution in [1.29, 1.82) is 0 Å². The average Bonchev–Trinajstić information content (AvgIpc) is 2.81. The Kier molecular flexibility index (Phi) is 29.1. The number of hydrogen-bond acceptors (Lipinski definition) is 2. The molecule has 204 valence electrons. The van der Waals surface area contributed by atoms with Crippen LogP contribution in [0, 0.1) is 11.8 Å². The highest BCUT2D eigenvalue weighted by Gasteiger charge is 2.16. The lowest BCUT2D eigenvalue weighted by Gasteiger charge is -2.11. The molecule has 2 N–H and O–H groups in total. The quantitative estimate of drug-likeness (QED) is 0.134. The van der Waals surface area contributed by atoms with Gasteiger partial charge in [-0.15, -0.1) is 0 Å². The monoisotopic (exact) mass is 484 g/mol. The smallest absolute Gasteiger partial charge is 0.306 e. The van der Waals surface area contributed by atoms with Crippen molar-refractivity contribution in [2.45, 2.75) is 169 Å². The Hall–Kier alpha value is -1.06. The summed E-state index contributed by atoms with van der Waals surface area (Å²) in [7, 11) is 0. The van der Waals surface area contributed by atoms with Crippen molar-refractivity contribution in [2.75, 3.05) is 0 Å². The molecule has 4 nitrogen and oxygen atoms in total. The van der Waals surface area contributed by atoms with Gasteiger partial charge in [0.05, 0.1) is 11.8 Å². The fourth-order valence-electron chi connectivity index (χ4n) is 4.41. The molecule has 0 aromatic heterocycles. The average molecular weight is 485 g/mol. The molecule has 0 rings (SSSR count). The predicted molar refractivity (Wildman–Crippen MR) is 147 cm³/mol. The highest BCUT2D eigenvalue weighted by Crippen LogP contribution is 2.19. The molecular formula is C30H60O4. The van der Waals surface area contributed by atoms with Crippen LogP contribution in [0.4, 0.5) is 0 Å². The van der Waals surface area contributed by atoms with Crippen LogP contribution in [-0.4, -0.2) is 22.2 Å². The number of carbonyl (C=O) groups is 2. The van der Waals surface area contributed by atoms with Gasteiger partial charge in [-0.2, -0.15) is 0 Å². The molecule has 34 heavy (non-hydrogen) atoms. The Morgan fingerprint density at radius 2 is 0.618 bits per heavy atom. The first-order valence-electron chi connectivity index (χ1n) is 14.9. The number of carboxylic acids is 2. The summed E-state index contributed by atoms with van der Waals surface area (Å²) in [5, 5.41) is 18.2. The summed E-state index contributed by atoms with van der Waals surface area (Å²) in [6.45, 7) is 8.76. The van der Waals surface area contributed by atoms with Gasteiger partial charge in [0.2, 0.25) is 0 Å². The molecule has 0 aromatic rings. The van der Waals surface area contributed by atoms with Gasteiger partial charge in [-0.3, -0.25) is 9.59 Å². The van der Waals surface area contributed by atoms with E-state index in [4.69, 9.17) is 10.2 Å². The van der Waals surface area contributed by atoms with Gasteiger partial charge in [-0.1, -0.05) is 143 Å². The van der Waals surface area contributed by atoms with E-state index in [2.05, 4.69) is 27.7 Å². The second-order valence-corrected chi connectivity index (χ2v) is 10.2. The van der Waals surface area contributed by atoms with Crippen molar-refractivity contribution in [1.82, 2.24) is 0 Å². The largest absolute Gasteiger partial charge is 0.481 e. The summed E-state index contributed by atoms with van der Waals surface area (Å²) in [6, 6.07) is 0. The summed E-state index contributed by atoms with van der Waals surface area (Å²) in [4.78, 5) is 22.1. The fourth-order valence-corrected chi connectivity index (χ4v) is 4.41. The zero-order valence-corrected chi connectivity index (χ0v) is 23.4. The summed E-state index contributed by atoms with van der Waals surface area (Å²) in [6.07, 6.45) is 25.2. The second-order valence-electron chi connectivity index (χ2n) is 10.2. The topological polar surface area (TPSA) is 74.6 Å². The van der Waals surface area contributed by atoms with Gasteiger partial charge >= 0.3 is 11.9 Å². The fraction of sp³-hybridized carbons (Fsp3) is 0.933. The van der Waals surface area contributed by atoms with E-state index in [1.165, 1.54) is 89.9 Å². The molecule has 2 atom stereocenters. The van der Waals surface area contributed by atoms with E-state index in [0.29, 0.717) is 0 Å². The Balaban J connectivity index is 0. The highest BCUT2D eigenvalue weighted by molar-refractivity contribution is 5.70. The minimum atomic E-state index is -0.588. The van der Waals surface area contributed by atoms with E-state index >= 15 is 0 Å².